The van der Waals surface area contributed by atoms with Crippen LogP contribution in [-0.4, -0.2) is 10.9 Å². The molecule has 0 radical (unpaired) electrons. The van der Waals surface area contributed by atoms with E-state index in [-0.39, 0.29) is 5.91 Å². The second-order valence-electron chi connectivity index (χ2n) is 5.30. The van der Waals surface area contributed by atoms with Gasteiger partial charge in [0.05, 0.1) is 27.4 Å². The first-order valence-electron chi connectivity index (χ1n) is 7.55. The molecule has 0 spiro atoms. The maximum Gasteiger partial charge on any atom is 0.255 e. The molecule has 2 N–H and O–H groups in total. The molecule has 0 saturated heterocycles. The molecule has 128 valence electrons. The van der Waals surface area contributed by atoms with Crippen LogP contribution in [0.25, 0.3) is 0 Å². The number of halogens is 2. The zero-order chi connectivity index (χ0) is 18.5. The van der Waals surface area contributed by atoms with Gasteiger partial charge in [0.1, 0.15) is 5.82 Å². The summed E-state index contributed by atoms with van der Waals surface area (Å²) in [4.78, 5) is 16.6. The zero-order valence-electron chi connectivity index (χ0n) is 13.3. The molecule has 0 aliphatic heterocycles. The summed E-state index contributed by atoms with van der Waals surface area (Å²) >= 11 is 12.2. The first-order chi connectivity index (χ1) is 12.6. The van der Waals surface area contributed by atoms with Crippen molar-refractivity contribution in [2.45, 2.75) is 0 Å². The summed E-state index contributed by atoms with van der Waals surface area (Å²) in [6.07, 6.45) is 1.52. The van der Waals surface area contributed by atoms with Crippen LogP contribution in [0.2, 0.25) is 10.0 Å². The van der Waals surface area contributed by atoms with Gasteiger partial charge < -0.3 is 10.6 Å². The number of rotatable bonds is 4. The Labute approximate surface area is 160 Å². The van der Waals surface area contributed by atoms with Gasteiger partial charge >= 0.3 is 0 Å². The minimum atomic E-state index is -0.317. The van der Waals surface area contributed by atoms with Gasteiger partial charge in [-0.25, -0.2) is 4.98 Å². The van der Waals surface area contributed by atoms with Gasteiger partial charge in [0.25, 0.3) is 5.91 Å². The Morgan fingerprint density at radius 1 is 1.08 bits per heavy atom. The van der Waals surface area contributed by atoms with Crippen LogP contribution >= 0.6 is 23.2 Å². The number of nitrogens with zero attached hydrogens (tertiary/aromatic N) is 2. The molecule has 0 aliphatic rings. The zero-order valence-corrected chi connectivity index (χ0v) is 14.8. The highest BCUT2D eigenvalue weighted by atomic mass is 35.5. The number of nitrogens with one attached hydrogen (secondary N) is 2. The monoisotopic (exact) mass is 382 g/mol. The molecule has 5 nitrogen and oxygen atoms in total. The molecule has 0 saturated carbocycles. The van der Waals surface area contributed by atoms with Crippen molar-refractivity contribution >= 4 is 46.3 Å². The highest BCUT2D eigenvalue weighted by Gasteiger charge is 2.10. The van der Waals surface area contributed by atoms with Gasteiger partial charge in [-0.3, -0.25) is 4.79 Å². The van der Waals surface area contributed by atoms with Crippen molar-refractivity contribution in [2.24, 2.45) is 0 Å². The molecule has 0 aliphatic carbocycles. The van der Waals surface area contributed by atoms with Crippen LogP contribution in [0.3, 0.4) is 0 Å². The SMILES string of the molecule is N#Cc1cccc(NC(=O)c2ccnc(Nc3cccc(Cl)c3Cl)c2)c1. The highest BCUT2D eigenvalue weighted by Crippen LogP contribution is 2.31. The van der Waals surface area contributed by atoms with E-state index in [2.05, 4.69) is 15.6 Å². The third-order valence-corrected chi connectivity index (χ3v) is 4.30. The lowest BCUT2D eigenvalue weighted by Gasteiger charge is -2.10. The van der Waals surface area contributed by atoms with Gasteiger partial charge in [-0.05, 0) is 42.5 Å². The average Bonchev–Trinajstić information content (AvgIpc) is 2.66. The first-order valence-corrected chi connectivity index (χ1v) is 8.31. The average molecular weight is 383 g/mol. The summed E-state index contributed by atoms with van der Waals surface area (Å²) in [6.45, 7) is 0. The lowest BCUT2D eigenvalue weighted by atomic mass is 10.2. The van der Waals surface area contributed by atoms with Crippen molar-refractivity contribution < 1.29 is 4.79 Å². The molecule has 3 rings (SSSR count). The molecule has 1 aromatic heterocycles. The van der Waals surface area contributed by atoms with E-state index in [1.165, 1.54) is 6.20 Å². The number of pyridine rings is 1. The quantitative estimate of drug-likeness (QED) is 0.645. The molecule has 7 heteroatoms. The molecular weight excluding hydrogens is 371 g/mol. The topological polar surface area (TPSA) is 77.8 Å². The van der Waals surface area contributed by atoms with Gasteiger partial charge in [-0.1, -0.05) is 35.3 Å². The van der Waals surface area contributed by atoms with Crippen LogP contribution in [0, 0.1) is 11.3 Å². The summed E-state index contributed by atoms with van der Waals surface area (Å²) in [5.74, 6) is 0.135. The molecule has 0 bridgehead atoms. The van der Waals surface area contributed by atoms with E-state index in [4.69, 9.17) is 28.5 Å². The Balaban J connectivity index is 1.79. The minimum absolute atomic E-state index is 0.317. The number of benzene rings is 2. The van der Waals surface area contributed by atoms with Crippen LogP contribution in [0.1, 0.15) is 15.9 Å². The number of aromatic nitrogens is 1. The Kier molecular flexibility index (Phi) is 5.37. The van der Waals surface area contributed by atoms with Crippen molar-refractivity contribution in [3.05, 3.63) is 82.0 Å². The number of carbonyl (C=O) groups is 1. The van der Waals surface area contributed by atoms with Crippen LogP contribution in [0.5, 0.6) is 0 Å². The third-order valence-electron chi connectivity index (χ3n) is 3.49. The Morgan fingerprint density at radius 2 is 1.88 bits per heavy atom. The summed E-state index contributed by atoms with van der Waals surface area (Å²) < 4.78 is 0. The molecule has 3 aromatic rings. The standard InChI is InChI=1S/C19H12Cl2N4O/c20-15-5-2-6-16(18(15)21)25-17-10-13(7-8-23-17)19(26)24-14-4-1-3-12(9-14)11-22/h1-10H,(H,23,25)(H,24,26). The van der Waals surface area contributed by atoms with E-state index in [1.54, 1.807) is 54.6 Å². The fourth-order valence-electron chi connectivity index (χ4n) is 2.25. The third kappa shape index (κ3) is 4.12. The van der Waals surface area contributed by atoms with E-state index < -0.39 is 0 Å². The second kappa shape index (κ2) is 7.87. The molecule has 1 heterocycles. The lowest BCUT2D eigenvalue weighted by Crippen LogP contribution is -2.12. The number of hydrogen-bond donors (Lipinski definition) is 2. The molecular formula is C19H12Cl2N4O. The number of anilines is 3. The van der Waals surface area contributed by atoms with Gasteiger partial charge in [-0.2, -0.15) is 5.26 Å². The fraction of sp³-hybridized carbons (Fsp3) is 0. The molecule has 2 aromatic carbocycles. The summed E-state index contributed by atoms with van der Waals surface area (Å²) in [6, 6.07) is 17.1. The van der Waals surface area contributed by atoms with Crippen LogP contribution in [-0.2, 0) is 0 Å². The predicted octanol–water partition coefficient (Wildman–Crippen LogP) is 5.26. The summed E-state index contributed by atoms with van der Waals surface area (Å²) in [5, 5.41) is 15.5. The Hall–Kier alpha value is -3.07. The van der Waals surface area contributed by atoms with Crippen LogP contribution in [0.4, 0.5) is 17.2 Å². The van der Waals surface area contributed by atoms with Crippen molar-refractivity contribution in [1.29, 1.82) is 5.26 Å². The van der Waals surface area contributed by atoms with Crippen LogP contribution < -0.4 is 10.6 Å². The summed E-state index contributed by atoms with van der Waals surface area (Å²) in [7, 11) is 0. The maximum absolute atomic E-state index is 12.4. The number of nitriles is 1. The van der Waals surface area contributed by atoms with E-state index in [9.17, 15) is 4.79 Å². The molecule has 0 fully saturated rings. The highest BCUT2D eigenvalue weighted by molar-refractivity contribution is 6.43. The normalized spacial score (nSPS) is 10.0. The van der Waals surface area contributed by atoms with Gasteiger partial charge in [0.15, 0.2) is 0 Å². The minimum Gasteiger partial charge on any atom is -0.339 e. The van der Waals surface area contributed by atoms with Gasteiger partial charge in [0.2, 0.25) is 0 Å². The van der Waals surface area contributed by atoms with E-state index in [0.717, 1.165) is 0 Å². The number of hydrogen-bond acceptors (Lipinski definition) is 4. The molecule has 26 heavy (non-hydrogen) atoms. The summed E-state index contributed by atoms with van der Waals surface area (Å²) in [5.41, 5.74) is 2.00. The lowest BCUT2D eigenvalue weighted by molar-refractivity contribution is 0.102. The maximum atomic E-state index is 12.4. The molecule has 0 atom stereocenters. The second-order valence-corrected chi connectivity index (χ2v) is 6.09. The predicted molar refractivity (Wildman–Crippen MR) is 103 cm³/mol. The fourth-order valence-corrected chi connectivity index (χ4v) is 2.60. The molecule has 1 amide bonds. The van der Waals surface area contributed by atoms with Crippen molar-refractivity contribution in [3.63, 3.8) is 0 Å². The van der Waals surface area contributed by atoms with Crippen molar-refractivity contribution in [1.82, 2.24) is 4.98 Å². The molecule has 0 unspecified atom stereocenters. The van der Waals surface area contributed by atoms with Crippen molar-refractivity contribution in [3.8, 4) is 6.07 Å². The van der Waals surface area contributed by atoms with E-state index >= 15 is 0 Å². The smallest absolute Gasteiger partial charge is 0.255 e. The number of carbonyl (C=O) groups excluding carboxylic acids is 1. The largest absolute Gasteiger partial charge is 0.339 e. The first kappa shape index (κ1) is 17.7. The van der Waals surface area contributed by atoms with Crippen molar-refractivity contribution in [2.75, 3.05) is 10.6 Å². The van der Waals surface area contributed by atoms with E-state index in [0.29, 0.717) is 38.4 Å². The van der Waals surface area contributed by atoms with E-state index in [1.807, 2.05) is 6.07 Å². The Morgan fingerprint density at radius 3 is 2.69 bits per heavy atom. The Bertz CT molecular complexity index is 1010. The van der Waals surface area contributed by atoms with Crippen LogP contribution in [0.15, 0.2) is 60.8 Å². The number of amides is 1. The van der Waals surface area contributed by atoms with Gasteiger partial charge in [-0.15, -0.1) is 0 Å². The van der Waals surface area contributed by atoms with Gasteiger partial charge in [0, 0.05) is 17.4 Å².